The van der Waals surface area contributed by atoms with Crippen LogP contribution in [0.25, 0.3) is 22.6 Å². The highest BCUT2D eigenvalue weighted by Gasteiger charge is 2.41. The van der Waals surface area contributed by atoms with Crippen molar-refractivity contribution in [3.05, 3.63) is 96.1 Å². The lowest BCUT2D eigenvalue weighted by Crippen LogP contribution is -2.53. The lowest BCUT2D eigenvalue weighted by molar-refractivity contribution is -0.164. The van der Waals surface area contributed by atoms with Gasteiger partial charge in [0.25, 0.3) is 5.91 Å². The largest absolute Gasteiger partial charge is 0.493 e. The predicted molar refractivity (Wildman–Crippen MR) is 255 cm³/mol. The number of carbonyl (C=O) groups is 5. The van der Waals surface area contributed by atoms with Crippen molar-refractivity contribution >= 4 is 57.6 Å². The minimum atomic E-state index is -0.911. The molecule has 1 aliphatic rings. The Morgan fingerprint density at radius 3 is 2.35 bits per heavy atom. The highest BCUT2D eigenvalue weighted by atomic mass is 16.5. The maximum Gasteiger partial charge on any atom is 0.329 e. The fourth-order valence-corrected chi connectivity index (χ4v) is 7.67. The molecule has 3 amide bonds. The summed E-state index contributed by atoms with van der Waals surface area (Å²) in [5.41, 5.74) is 5.32. The summed E-state index contributed by atoms with van der Waals surface area (Å²) in [5, 5.41) is 9.03. The van der Waals surface area contributed by atoms with Gasteiger partial charge < -0.3 is 44.4 Å². The molecular weight excluding hydrogens is 841 g/mol. The molecule has 6 rings (SSSR count). The van der Waals surface area contributed by atoms with Crippen molar-refractivity contribution in [1.82, 2.24) is 15.2 Å². The van der Waals surface area contributed by atoms with E-state index >= 15 is 0 Å². The van der Waals surface area contributed by atoms with E-state index in [0.717, 1.165) is 22.5 Å². The number of ether oxygens (including phenoxy) is 3. The first-order chi connectivity index (χ1) is 31.7. The number of anilines is 3. The van der Waals surface area contributed by atoms with Crippen LogP contribution in [-0.2, 0) is 35.1 Å². The van der Waals surface area contributed by atoms with Gasteiger partial charge in [0.05, 0.1) is 14.2 Å². The SMILES string of the molecule is CCC(C)(C)C(=O)C(=O)N1CCCCC1C(=O)OC(CCc1ccc(OC)c(OC)c1)c1cccc(NC(=O)CCC(=O)NCCNc2ccc3oc(-c4ccc(N(C)C)cc4)nc3c2)c1. The van der Waals surface area contributed by atoms with Crippen molar-refractivity contribution in [2.75, 3.05) is 63.5 Å². The number of aryl methyl sites for hydroxylation is 1. The molecule has 5 aromatic rings. The van der Waals surface area contributed by atoms with E-state index in [0.29, 0.717) is 91.4 Å². The van der Waals surface area contributed by atoms with Crippen LogP contribution >= 0.6 is 0 Å². The molecule has 3 N–H and O–H groups in total. The number of likely N-dealkylation sites (tertiary alicyclic amines) is 1. The van der Waals surface area contributed by atoms with Gasteiger partial charge in [-0.2, -0.15) is 0 Å². The molecule has 0 aliphatic carbocycles. The fourth-order valence-electron chi connectivity index (χ4n) is 7.67. The molecule has 15 heteroatoms. The molecule has 2 atom stereocenters. The van der Waals surface area contributed by atoms with Gasteiger partial charge in [-0.3, -0.25) is 19.2 Å². The number of aromatic nitrogens is 1. The smallest absolute Gasteiger partial charge is 0.329 e. The van der Waals surface area contributed by atoms with Gasteiger partial charge in [-0.15, -0.1) is 0 Å². The summed E-state index contributed by atoms with van der Waals surface area (Å²) in [6.07, 6.45) is 2.25. The molecule has 1 aromatic heterocycles. The Kier molecular flexibility index (Phi) is 16.4. The number of benzene rings is 4. The fraction of sp³-hybridized carbons (Fsp3) is 0.412. The van der Waals surface area contributed by atoms with Crippen molar-refractivity contribution in [2.24, 2.45) is 5.41 Å². The monoisotopic (exact) mass is 902 g/mol. The first kappa shape index (κ1) is 48.6. The van der Waals surface area contributed by atoms with Crippen LogP contribution in [0.3, 0.4) is 0 Å². The van der Waals surface area contributed by atoms with Gasteiger partial charge in [-0.25, -0.2) is 9.78 Å². The summed E-state index contributed by atoms with van der Waals surface area (Å²) in [6, 6.07) is 25.3. The first-order valence-electron chi connectivity index (χ1n) is 22.5. The number of rotatable bonds is 21. The van der Waals surface area contributed by atoms with Crippen molar-refractivity contribution in [3.8, 4) is 23.0 Å². The average molecular weight is 903 g/mol. The molecule has 350 valence electrons. The summed E-state index contributed by atoms with van der Waals surface area (Å²) in [6.45, 7) is 6.41. The zero-order chi connectivity index (χ0) is 47.4. The minimum Gasteiger partial charge on any atom is -0.493 e. The molecule has 0 radical (unpaired) electrons. The Labute approximate surface area is 386 Å². The third-order valence-electron chi connectivity index (χ3n) is 12.0. The number of nitrogens with one attached hydrogen (secondary N) is 3. The van der Waals surface area contributed by atoms with Gasteiger partial charge in [0.1, 0.15) is 17.7 Å². The van der Waals surface area contributed by atoms with E-state index in [1.807, 2.05) is 92.6 Å². The number of amides is 3. The number of nitrogens with zero attached hydrogens (tertiary/aromatic N) is 3. The van der Waals surface area contributed by atoms with E-state index in [2.05, 4.69) is 20.9 Å². The van der Waals surface area contributed by atoms with E-state index in [-0.39, 0.29) is 31.2 Å². The van der Waals surface area contributed by atoms with E-state index in [9.17, 15) is 24.0 Å². The van der Waals surface area contributed by atoms with E-state index in [1.54, 1.807) is 46.3 Å². The van der Waals surface area contributed by atoms with Crippen LogP contribution in [0.2, 0.25) is 0 Å². The Morgan fingerprint density at radius 1 is 0.864 bits per heavy atom. The quantitative estimate of drug-likeness (QED) is 0.0366. The van der Waals surface area contributed by atoms with Gasteiger partial charge in [-0.05, 0) is 116 Å². The summed E-state index contributed by atoms with van der Waals surface area (Å²) in [4.78, 5) is 74.7. The molecule has 1 saturated heterocycles. The van der Waals surface area contributed by atoms with Crippen LogP contribution in [0.15, 0.2) is 89.3 Å². The topological polar surface area (TPSA) is 182 Å². The van der Waals surface area contributed by atoms with Crippen molar-refractivity contribution in [2.45, 2.75) is 84.3 Å². The molecule has 15 nitrogen and oxygen atoms in total. The summed E-state index contributed by atoms with van der Waals surface area (Å²) < 4.78 is 23.1. The van der Waals surface area contributed by atoms with Gasteiger partial charge in [0.2, 0.25) is 23.5 Å². The molecule has 2 unspecified atom stereocenters. The van der Waals surface area contributed by atoms with Crippen LogP contribution in [0.4, 0.5) is 17.1 Å². The Hall–Kier alpha value is -6.90. The zero-order valence-electron chi connectivity index (χ0n) is 39.0. The number of Topliss-reactive ketones (excluding diaryl/α,β-unsaturated/α-hetero) is 1. The Balaban J connectivity index is 1.04. The Morgan fingerprint density at radius 2 is 1.62 bits per heavy atom. The third-order valence-corrected chi connectivity index (χ3v) is 12.0. The van der Waals surface area contributed by atoms with Gasteiger partial charge in [-0.1, -0.05) is 39.0 Å². The van der Waals surface area contributed by atoms with Crippen LogP contribution in [0.5, 0.6) is 11.5 Å². The lowest BCUT2D eigenvalue weighted by atomic mass is 9.84. The Bertz CT molecular complexity index is 2500. The summed E-state index contributed by atoms with van der Waals surface area (Å²) in [7, 11) is 7.10. The maximum absolute atomic E-state index is 14.0. The second-order valence-corrected chi connectivity index (χ2v) is 17.3. The van der Waals surface area contributed by atoms with E-state index < -0.39 is 35.2 Å². The number of hydrogen-bond donors (Lipinski definition) is 3. The van der Waals surface area contributed by atoms with E-state index in [4.69, 9.17) is 18.6 Å². The molecule has 1 fully saturated rings. The van der Waals surface area contributed by atoms with Crippen LogP contribution < -0.4 is 30.3 Å². The highest BCUT2D eigenvalue weighted by molar-refractivity contribution is 6.38. The number of ketones is 1. The van der Waals surface area contributed by atoms with Crippen molar-refractivity contribution in [3.63, 3.8) is 0 Å². The molecule has 0 bridgehead atoms. The lowest BCUT2D eigenvalue weighted by Gasteiger charge is -2.36. The molecule has 0 spiro atoms. The molecule has 66 heavy (non-hydrogen) atoms. The number of methoxy groups -OCH3 is 2. The van der Waals surface area contributed by atoms with Crippen molar-refractivity contribution < 1.29 is 42.6 Å². The maximum atomic E-state index is 14.0. The molecule has 2 heterocycles. The highest BCUT2D eigenvalue weighted by Crippen LogP contribution is 2.33. The van der Waals surface area contributed by atoms with Crippen LogP contribution in [0.1, 0.15) is 82.9 Å². The summed E-state index contributed by atoms with van der Waals surface area (Å²) >= 11 is 0. The second kappa shape index (κ2) is 22.3. The normalized spacial score (nSPS) is 14.2. The van der Waals surface area contributed by atoms with Gasteiger partial charge in [0, 0.05) is 74.6 Å². The number of carbonyl (C=O) groups excluding carboxylic acids is 5. The van der Waals surface area contributed by atoms with Gasteiger partial charge >= 0.3 is 5.97 Å². The van der Waals surface area contributed by atoms with E-state index in [1.165, 1.54) is 4.90 Å². The molecular formula is C51H62N6O9. The number of hydrogen-bond acceptors (Lipinski definition) is 12. The van der Waals surface area contributed by atoms with Crippen LogP contribution in [-0.4, -0.2) is 93.3 Å². The molecule has 0 saturated carbocycles. The number of oxazole rings is 1. The molecule has 4 aromatic carbocycles. The standard InChI is InChI=1S/C51H62N6O9/c1-8-51(2,3)47(60)49(61)57-29-10-9-14-40(57)50(62)66-41(22-15-33-16-23-43(63-6)44(30-33)64-7)35-12-11-13-37(31-35)54-46(59)26-25-45(58)53-28-27-52-36-19-24-42-39(32-36)55-48(65-42)34-17-20-38(21-18-34)56(4)5/h11-13,16-21,23-24,30-32,40-41,52H,8-10,14-15,22,25-29H2,1-7H3,(H,53,58)(H,54,59). The second-order valence-electron chi connectivity index (χ2n) is 17.3. The van der Waals surface area contributed by atoms with Crippen molar-refractivity contribution in [1.29, 1.82) is 0 Å². The predicted octanol–water partition coefficient (Wildman–Crippen LogP) is 8.13. The summed E-state index contributed by atoms with van der Waals surface area (Å²) in [5.74, 6) is -0.730. The average Bonchev–Trinajstić information content (AvgIpc) is 3.76. The first-order valence-corrected chi connectivity index (χ1v) is 22.5. The van der Waals surface area contributed by atoms with Crippen LogP contribution in [0, 0.1) is 5.41 Å². The third kappa shape index (κ3) is 12.5. The number of esters is 1. The number of piperidine rings is 1. The minimum absolute atomic E-state index is 0.0190. The number of fused-ring (bicyclic) bond motifs is 1. The molecule has 1 aliphatic heterocycles. The van der Waals surface area contributed by atoms with Gasteiger partial charge in [0.15, 0.2) is 17.1 Å². The zero-order valence-corrected chi connectivity index (χ0v) is 39.0.